The van der Waals surface area contributed by atoms with Crippen molar-refractivity contribution in [3.8, 4) is 0 Å². The summed E-state index contributed by atoms with van der Waals surface area (Å²) in [5.41, 5.74) is 2.09. The third kappa shape index (κ3) is 6.16. The van der Waals surface area contributed by atoms with Gasteiger partial charge >= 0.3 is 5.97 Å². The summed E-state index contributed by atoms with van der Waals surface area (Å²) in [6.07, 6.45) is 0.731. The van der Waals surface area contributed by atoms with Crippen LogP contribution in [0.3, 0.4) is 0 Å². The number of thiocarbonyl (C=S) groups is 1. The molecular formula is C22H24ClN3O4S. The van der Waals surface area contributed by atoms with Crippen LogP contribution in [0, 0.1) is 0 Å². The van der Waals surface area contributed by atoms with Crippen molar-refractivity contribution in [3.63, 3.8) is 0 Å². The van der Waals surface area contributed by atoms with Gasteiger partial charge in [-0.2, -0.15) is 0 Å². The topological polar surface area (TPSA) is 79.9 Å². The highest BCUT2D eigenvalue weighted by molar-refractivity contribution is 7.80. The lowest BCUT2D eigenvalue weighted by molar-refractivity contribution is 0.0505. The van der Waals surface area contributed by atoms with E-state index in [1.165, 1.54) is 0 Å². The zero-order valence-corrected chi connectivity index (χ0v) is 18.7. The van der Waals surface area contributed by atoms with E-state index >= 15 is 0 Å². The van der Waals surface area contributed by atoms with Crippen LogP contribution in [0.2, 0.25) is 5.02 Å². The van der Waals surface area contributed by atoms with E-state index in [0.29, 0.717) is 54.7 Å². The van der Waals surface area contributed by atoms with E-state index in [1.807, 2.05) is 13.0 Å². The SMILES string of the molecule is CCCOC(=O)c1cc(NC(=S)NC(=O)c2ccccc2Cl)ccc1N1CCOCC1. The second-order valence-electron chi connectivity index (χ2n) is 6.86. The van der Waals surface area contributed by atoms with Gasteiger partial charge in [0, 0.05) is 18.8 Å². The number of nitrogens with zero attached hydrogens (tertiary/aromatic N) is 1. The number of anilines is 2. The van der Waals surface area contributed by atoms with Gasteiger partial charge in [-0.3, -0.25) is 10.1 Å². The first-order valence-corrected chi connectivity index (χ1v) is 10.8. The molecule has 1 heterocycles. The fourth-order valence-corrected chi connectivity index (χ4v) is 3.54. The number of carbonyl (C=O) groups is 2. The molecule has 0 aromatic heterocycles. The van der Waals surface area contributed by atoms with Gasteiger partial charge in [0.05, 0.1) is 41.7 Å². The van der Waals surface area contributed by atoms with E-state index < -0.39 is 11.9 Å². The lowest BCUT2D eigenvalue weighted by Gasteiger charge is -2.30. The number of morpholine rings is 1. The van der Waals surface area contributed by atoms with Crippen LogP contribution in [-0.2, 0) is 9.47 Å². The predicted octanol–water partition coefficient (Wildman–Crippen LogP) is 3.87. The van der Waals surface area contributed by atoms with E-state index in [9.17, 15) is 9.59 Å². The summed E-state index contributed by atoms with van der Waals surface area (Å²) >= 11 is 11.3. The molecule has 1 aliphatic rings. The summed E-state index contributed by atoms with van der Waals surface area (Å²) in [5.74, 6) is -0.825. The standard InChI is InChI=1S/C22H24ClN3O4S/c1-2-11-30-21(28)17-14-15(7-8-19(17)26-9-12-29-13-10-26)24-22(31)25-20(27)16-5-3-4-6-18(16)23/h3-8,14H,2,9-13H2,1H3,(H2,24,25,27,31). The Kier molecular flexibility index (Phi) is 8.22. The van der Waals surface area contributed by atoms with Crippen LogP contribution in [0.4, 0.5) is 11.4 Å². The molecule has 7 nitrogen and oxygen atoms in total. The maximum Gasteiger partial charge on any atom is 0.340 e. The number of amides is 1. The minimum atomic E-state index is -0.421. The van der Waals surface area contributed by atoms with E-state index in [4.69, 9.17) is 33.3 Å². The lowest BCUT2D eigenvalue weighted by atomic mass is 10.1. The molecule has 0 atom stereocenters. The Labute approximate surface area is 191 Å². The molecule has 0 aliphatic carbocycles. The smallest absolute Gasteiger partial charge is 0.340 e. The number of rotatable bonds is 6. The summed E-state index contributed by atoms with van der Waals surface area (Å²) in [6, 6.07) is 12.0. The first kappa shape index (κ1) is 23.0. The quantitative estimate of drug-likeness (QED) is 0.499. The van der Waals surface area contributed by atoms with E-state index in [0.717, 1.165) is 12.1 Å². The molecule has 3 rings (SSSR count). The molecule has 1 fully saturated rings. The van der Waals surface area contributed by atoms with Crippen LogP contribution >= 0.6 is 23.8 Å². The van der Waals surface area contributed by atoms with Crippen LogP contribution in [0.25, 0.3) is 0 Å². The number of hydrogen-bond acceptors (Lipinski definition) is 6. The summed E-state index contributed by atoms with van der Waals surface area (Å²) in [4.78, 5) is 27.2. The number of nitrogens with one attached hydrogen (secondary N) is 2. The van der Waals surface area contributed by atoms with Gasteiger partial charge in [0.25, 0.3) is 5.91 Å². The maximum absolute atomic E-state index is 12.7. The van der Waals surface area contributed by atoms with Crippen LogP contribution in [0.15, 0.2) is 42.5 Å². The normalized spacial score (nSPS) is 13.4. The van der Waals surface area contributed by atoms with E-state index in [2.05, 4.69) is 15.5 Å². The summed E-state index contributed by atoms with van der Waals surface area (Å²) < 4.78 is 10.8. The number of halogens is 1. The Morgan fingerprint density at radius 3 is 2.61 bits per heavy atom. The highest BCUT2D eigenvalue weighted by Crippen LogP contribution is 2.26. The van der Waals surface area contributed by atoms with Crippen molar-refractivity contribution < 1.29 is 19.1 Å². The van der Waals surface area contributed by atoms with E-state index in [1.54, 1.807) is 36.4 Å². The number of hydrogen-bond donors (Lipinski definition) is 2. The average molecular weight is 462 g/mol. The molecule has 0 bridgehead atoms. The van der Waals surface area contributed by atoms with Crippen LogP contribution in [0.1, 0.15) is 34.1 Å². The molecule has 0 unspecified atom stereocenters. The maximum atomic E-state index is 12.7. The van der Waals surface area contributed by atoms with Crippen molar-refractivity contribution in [1.82, 2.24) is 5.32 Å². The molecule has 9 heteroatoms. The van der Waals surface area contributed by atoms with Crippen molar-refractivity contribution in [2.75, 3.05) is 43.1 Å². The molecule has 1 amide bonds. The average Bonchev–Trinajstić information content (AvgIpc) is 2.78. The third-order valence-corrected chi connectivity index (χ3v) is 5.14. The molecule has 2 aromatic rings. The fourth-order valence-electron chi connectivity index (χ4n) is 3.11. The Hall–Kier alpha value is -2.68. The molecular weight excluding hydrogens is 438 g/mol. The lowest BCUT2D eigenvalue weighted by Crippen LogP contribution is -2.37. The van der Waals surface area contributed by atoms with Crippen LogP contribution in [0.5, 0.6) is 0 Å². The minimum Gasteiger partial charge on any atom is -0.462 e. The Balaban J connectivity index is 1.76. The Bertz CT molecular complexity index is 964. The van der Waals surface area contributed by atoms with Gasteiger partial charge in [0.15, 0.2) is 5.11 Å². The number of benzene rings is 2. The molecule has 2 N–H and O–H groups in total. The molecule has 0 radical (unpaired) electrons. The van der Waals surface area contributed by atoms with Crippen molar-refractivity contribution in [2.45, 2.75) is 13.3 Å². The molecule has 1 aliphatic heterocycles. The molecule has 164 valence electrons. The minimum absolute atomic E-state index is 0.0944. The van der Waals surface area contributed by atoms with Gasteiger partial charge < -0.3 is 19.7 Å². The summed E-state index contributed by atoms with van der Waals surface area (Å²) in [5, 5.41) is 5.98. The molecule has 2 aromatic carbocycles. The molecule has 1 saturated heterocycles. The van der Waals surface area contributed by atoms with Crippen molar-refractivity contribution >= 4 is 52.2 Å². The molecule has 31 heavy (non-hydrogen) atoms. The molecule has 0 saturated carbocycles. The second-order valence-corrected chi connectivity index (χ2v) is 7.67. The second kappa shape index (κ2) is 11.1. The number of carbonyl (C=O) groups excluding carboxylic acids is 2. The fraction of sp³-hybridized carbons (Fsp3) is 0.318. The molecule has 0 spiro atoms. The first-order chi connectivity index (χ1) is 15.0. The van der Waals surface area contributed by atoms with Crippen LogP contribution < -0.4 is 15.5 Å². The van der Waals surface area contributed by atoms with Gasteiger partial charge in [0.1, 0.15) is 0 Å². The zero-order chi connectivity index (χ0) is 22.2. The number of esters is 1. The van der Waals surface area contributed by atoms with Gasteiger partial charge in [-0.25, -0.2) is 4.79 Å². The zero-order valence-electron chi connectivity index (χ0n) is 17.2. The highest BCUT2D eigenvalue weighted by atomic mass is 35.5. The predicted molar refractivity (Wildman–Crippen MR) is 125 cm³/mol. The largest absolute Gasteiger partial charge is 0.462 e. The van der Waals surface area contributed by atoms with Crippen LogP contribution in [-0.4, -0.2) is 49.9 Å². The monoisotopic (exact) mass is 461 g/mol. The van der Waals surface area contributed by atoms with Crippen molar-refractivity contribution in [1.29, 1.82) is 0 Å². The Morgan fingerprint density at radius 2 is 1.90 bits per heavy atom. The number of ether oxygens (including phenoxy) is 2. The van der Waals surface area contributed by atoms with Gasteiger partial charge in [-0.05, 0) is 49.0 Å². The Morgan fingerprint density at radius 1 is 1.16 bits per heavy atom. The van der Waals surface area contributed by atoms with E-state index in [-0.39, 0.29) is 5.11 Å². The highest BCUT2D eigenvalue weighted by Gasteiger charge is 2.21. The van der Waals surface area contributed by atoms with Gasteiger partial charge in [-0.15, -0.1) is 0 Å². The van der Waals surface area contributed by atoms with Gasteiger partial charge in [0.2, 0.25) is 0 Å². The first-order valence-electron chi connectivity index (χ1n) is 10.0. The summed E-state index contributed by atoms with van der Waals surface area (Å²) in [6.45, 7) is 4.85. The van der Waals surface area contributed by atoms with Gasteiger partial charge in [-0.1, -0.05) is 30.7 Å². The third-order valence-electron chi connectivity index (χ3n) is 4.61. The van der Waals surface area contributed by atoms with Crippen molar-refractivity contribution in [3.05, 3.63) is 58.6 Å². The van der Waals surface area contributed by atoms with Crippen molar-refractivity contribution in [2.24, 2.45) is 0 Å². The summed E-state index contributed by atoms with van der Waals surface area (Å²) in [7, 11) is 0.